The fraction of sp³-hybridized carbons (Fsp3) is 0.417. The summed E-state index contributed by atoms with van der Waals surface area (Å²) in [6, 6.07) is 3.63. The summed E-state index contributed by atoms with van der Waals surface area (Å²) in [5.41, 5.74) is 0. The standard InChI is InChI=1S/C12H15F2NOS/c1-3-6-15-12(16)8(2)17-9-4-5-10(13)11(14)7-9/h4-5,7-8H,3,6H2,1-2H3,(H,15,16). The second-order valence-electron chi connectivity index (χ2n) is 3.63. The van der Waals surface area contributed by atoms with Crippen LogP contribution in [0.25, 0.3) is 0 Å². The van der Waals surface area contributed by atoms with Crippen molar-refractivity contribution in [3.05, 3.63) is 29.8 Å². The van der Waals surface area contributed by atoms with Gasteiger partial charge < -0.3 is 5.32 Å². The lowest BCUT2D eigenvalue weighted by molar-refractivity contribution is -0.120. The first-order valence-electron chi connectivity index (χ1n) is 5.44. The molecule has 0 spiro atoms. The molecule has 0 aliphatic heterocycles. The largest absolute Gasteiger partial charge is 0.355 e. The highest BCUT2D eigenvalue weighted by Crippen LogP contribution is 2.24. The summed E-state index contributed by atoms with van der Waals surface area (Å²) in [5.74, 6) is -1.87. The number of amides is 1. The van der Waals surface area contributed by atoms with Crippen LogP contribution in [0.3, 0.4) is 0 Å². The van der Waals surface area contributed by atoms with Crippen molar-refractivity contribution in [1.82, 2.24) is 5.32 Å². The van der Waals surface area contributed by atoms with E-state index in [4.69, 9.17) is 0 Å². The van der Waals surface area contributed by atoms with Crippen molar-refractivity contribution in [2.75, 3.05) is 6.54 Å². The first-order chi connectivity index (χ1) is 8.04. The fourth-order valence-corrected chi connectivity index (χ4v) is 2.12. The summed E-state index contributed by atoms with van der Waals surface area (Å²) in [4.78, 5) is 12.1. The molecule has 0 aliphatic carbocycles. The average molecular weight is 259 g/mol. The van der Waals surface area contributed by atoms with E-state index in [0.29, 0.717) is 11.4 Å². The molecular formula is C12H15F2NOS. The normalized spacial score (nSPS) is 12.2. The lowest BCUT2D eigenvalue weighted by Gasteiger charge is -2.11. The quantitative estimate of drug-likeness (QED) is 0.824. The van der Waals surface area contributed by atoms with Gasteiger partial charge in [0.2, 0.25) is 5.91 Å². The molecule has 2 nitrogen and oxygen atoms in total. The summed E-state index contributed by atoms with van der Waals surface area (Å²) < 4.78 is 25.6. The molecule has 1 rings (SSSR count). The molecule has 0 saturated heterocycles. The molecule has 1 N–H and O–H groups in total. The van der Waals surface area contributed by atoms with Crippen molar-refractivity contribution in [3.63, 3.8) is 0 Å². The van der Waals surface area contributed by atoms with Crippen LogP contribution in [0.5, 0.6) is 0 Å². The van der Waals surface area contributed by atoms with Crippen molar-refractivity contribution in [1.29, 1.82) is 0 Å². The molecule has 1 aromatic carbocycles. The Morgan fingerprint density at radius 2 is 2.12 bits per heavy atom. The molecule has 0 saturated carbocycles. The van der Waals surface area contributed by atoms with E-state index < -0.39 is 11.6 Å². The zero-order valence-corrected chi connectivity index (χ0v) is 10.6. The number of carbonyl (C=O) groups excluding carboxylic acids is 1. The van der Waals surface area contributed by atoms with Crippen LogP contribution in [0, 0.1) is 11.6 Å². The van der Waals surface area contributed by atoms with Crippen LogP contribution in [0.15, 0.2) is 23.1 Å². The Morgan fingerprint density at radius 3 is 2.71 bits per heavy atom. The predicted octanol–water partition coefficient (Wildman–Crippen LogP) is 2.97. The van der Waals surface area contributed by atoms with Crippen molar-refractivity contribution in [2.45, 2.75) is 30.4 Å². The SMILES string of the molecule is CCCNC(=O)C(C)Sc1ccc(F)c(F)c1. The molecule has 5 heteroatoms. The minimum atomic E-state index is -0.892. The van der Waals surface area contributed by atoms with Crippen molar-refractivity contribution < 1.29 is 13.6 Å². The van der Waals surface area contributed by atoms with Gasteiger partial charge in [-0.05, 0) is 31.5 Å². The molecule has 0 aliphatic rings. The van der Waals surface area contributed by atoms with Crippen molar-refractivity contribution in [3.8, 4) is 0 Å². The van der Waals surface area contributed by atoms with Crippen LogP contribution >= 0.6 is 11.8 Å². The molecule has 1 aromatic rings. The third-order valence-electron chi connectivity index (χ3n) is 2.12. The number of nitrogens with one attached hydrogen (secondary N) is 1. The molecule has 1 unspecified atom stereocenters. The fourth-order valence-electron chi connectivity index (χ4n) is 1.20. The van der Waals surface area contributed by atoms with E-state index in [9.17, 15) is 13.6 Å². The number of halogens is 2. The Bertz CT molecular complexity index is 398. The molecule has 0 bridgehead atoms. The van der Waals surface area contributed by atoms with Crippen molar-refractivity contribution in [2.24, 2.45) is 0 Å². The van der Waals surface area contributed by atoms with E-state index in [1.165, 1.54) is 17.8 Å². The molecule has 1 amide bonds. The van der Waals surface area contributed by atoms with Crippen LogP contribution in [0.4, 0.5) is 8.78 Å². The zero-order chi connectivity index (χ0) is 12.8. The van der Waals surface area contributed by atoms with Gasteiger partial charge in [0.1, 0.15) is 0 Å². The summed E-state index contributed by atoms with van der Waals surface area (Å²) in [5, 5.41) is 2.42. The lowest BCUT2D eigenvalue weighted by atomic mass is 10.3. The van der Waals surface area contributed by atoms with Gasteiger partial charge in [0, 0.05) is 11.4 Å². The first-order valence-corrected chi connectivity index (χ1v) is 6.32. The molecule has 17 heavy (non-hydrogen) atoms. The predicted molar refractivity (Wildman–Crippen MR) is 65.0 cm³/mol. The molecule has 0 radical (unpaired) electrons. The van der Waals surface area contributed by atoms with Gasteiger partial charge in [-0.1, -0.05) is 6.92 Å². The maximum absolute atomic E-state index is 12.9. The van der Waals surface area contributed by atoms with E-state index in [1.54, 1.807) is 6.92 Å². The van der Waals surface area contributed by atoms with Gasteiger partial charge in [0.15, 0.2) is 11.6 Å². The van der Waals surface area contributed by atoms with Crippen LogP contribution in [-0.4, -0.2) is 17.7 Å². The zero-order valence-electron chi connectivity index (χ0n) is 9.80. The van der Waals surface area contributed by atoms with Gasteiger partial charge in [-0.25, -0.2) is 8.78 Å². The summed E-state index contributed by atoms with van der Waals surface area (Å²) in [7, 11) is 0. The van der Waals surface area contributed by atoms with Gasteiger partial charge in [-0.2, -0.15) is 0 Å². The molecule has 1 atom stereocenters. The van der Waals surface area contributed by atoms with E-state index in [2.05, 4.69) is 5.32 Å². The second-order valence-corrected chi connectivity index (χ2v) is 5.04. The third-order valence-corrected chi connectivity index (χ3v) is 3.22. The Morgan fingerprint density at radius 1 is 1.41 bits per heavy atom. The van der Waals surface area contributed by atoms with Crippen LogP contribution in [0.1, 0.15) is 20.3 Å². The number of benzene rings is 1. The van der Waals surface area contributed by atoms with Gasteiger partial charge in [0.25, 0.3) is 0 Å². The van der Waals surface area contributed by atoms with Gasteiger partial charge in [-0.3, -0.25) is 4.79 Å². The molecule has 0 fully saturated rings. The maximum atomic E-state index is 12.9. The number of carbonyl (C=O) groups is 1. The third kappa shape index (κ3) is 4.34. The van der Waals surface area contributed by atoms with Crippen molar-refractivity contribution >= 4 is 17.7 Å². The first kappa shape index (κ1) is 14.0. The summed E-state index contributed by atoms with van der Waals surface area (Å²) >= 11 is 1.21. The number of hydrogen-bond donors (Lipinski definition) is 1. The average Bonchev–Trinajstić information content (AvgIpc) is 2.30. The summed E-state index contributed by atoms with van der Waals surface area (Å²) in [6.45, 7) is 4.33. The number of thioether (sulfide) groups is 1. The number of hydrogen-bond acceptors (Lipinski definition) is 2. The van der Waals surface area contributed by atoms with E-state index in [-0.39, 0.29) is 11.2 Å². The van der Waals surface area contributed by atoms with E-state index in [0.717, 1.165) is 18.6 Å². The van der Waals surface area contributed by atoms with E-state index in [1.807, 2.05) is 6.92 Å². The van der Waals surface area contributed by atoms with Gasteiger partial charge >= 0.3 is 0 Å². The highest BCUT2D eigenvalue weighted by Gasteiger charge is 2.14. The van der Waals surface area contributed by atoms with Crippen LogP contribution < -0.4 is 5.32 Å². The van der Waals surface area contributed by atoms with Gasteiger partial charge in [0.05, 0.1) is 5.25 Å². The van der Waals surface area contributed by atoms with Crippen LogP contribution in [0.2, 0.25) is 0 Å². The highest BCUT2D eigenvalue weighted by molar-refractivity contribution is 8.00. The molecule has 0 aromatic heterocycles. The minimum absolute atomic E-state index is 0.0958. The molecule has 94 valence electrons. The Kier molecular flexibility index (Phi) is 5.41. The van der Waals surface area contributed by atoms with E-state index >= 15 is 0 Å². The minimum Gasteiger partial charge on any atom is -0.355 e. The van der Waals surface area contributed by atoms with Gasteiger partial charge in [-0.15, -0.1) is 11.8 Å². The lowest BCUT2D eigenvalue weighted by Crippen LogP contribution is -2.31. The second kappa shape index (κ2) is 6.59. The maximum Gasteiger partial charge on any atom is 0.233 e. The molecular weight excluding hydrogens is 244 g/mol. The molecule has 0 heterocycles. The summed E-state index contributed by atoms with van der Waals surface area (Å²) in [6.07, 6.45) is 0.869. The highest BCUT2D eigenvalue weighted by atomic mass is 32.2. The Balaban J connectivity index is 2.58. The number of rotatable bonds is 5. The Labute approximate surface area is 104 Å². The van der Waals surface area contributed by atoms with Crippen LogP contribution in [-0.2, 0) is 4.79 Å². The Hall–Kier alpha value is -1.10. The monoisotopic (exact) mass is 259 g/mol. The smallest absolute Gasteiger partial charge is 0.233 e. The topological polar surface area (TPSA) is 29.1 Å².